The lowest BCUT2D eigenvalue weighted by molar-refractivity contribution is -0.114. The molecule has 0 saturated carbocycles. The number of allylic oxidation sites excluding steroid dienone is 1. The Balaban J connectivity index is 2.06. The van der Waals surface area contributed by atoms with Gasteiger partial charge in [-0.05, 0) is 30.3 Å². The number of halogens is 1. The molecule has 0 bridgehead atoms. The first kappa shape index (κ1) is 18.5. The zero-order valence-electron chi connectivity index (χ0n) is 14.8. The van der Waals surface area contributed by atoms with Gasteiger partial charge in [-0.15, -0.1) is 0 Å². The minimum atomic E-state index is -0.189. The lowest BCUT2D eigenvalue weighted by atomic mass is 10.0. The third-order valence-corrected chi connectivity index (χ3v) is 3.95. The molecule has 8 heteroatoms. The van der Waals surface area contributed by atoms with E-state index in [0.29, 0.717) is 33.3 Å². The van der Waals surface area contributed by atoms with Gasteiger partial charge in [0.25, 0.3) is 0 Å². The number of fused-ring (bicyclic) bond motifs is 1. The summed E-state index contributed by atoms with van der Waals surface area (Å²) in [6.07, 6.45) is 4.96. The zero-order valence-corrected chi connectivity index (χ0v) is 15.5. The van der Waals surface area contributed by atoms with Gasteiger partial charge >= 0.3 is 0 Å². The molecule has 0 aliphatic heterocycles. The first-order valence-electron chi connectivity index (χ1n) is 8.06. The molecule has 136 valence electrons. The highest BCUT2D eigenvalue weighted by molar-refractivity contribution is 6.29. The van der Waals surface area contributed by atoms with Crippen molar-refractivity contribution in [2.45, 2.75) is 6.92 Å². The SMILES string of the molecule is CN=CC(=C(N)c1ccc(NC(C)=O)nc1)c1cnc2ccc(Cl)nc2c1. The van der Waals surface area contributed by atoms with Crippen LogP contribution >= 0.6 is 11.6 Å². The largest absolute Gasteiger partial charge is 0.398 e. The molecule has 0 atom stereocenters. The summed E-state index contributed by atoms with van der Waals surface area (Å²) in [5, 5.41) is 3.01. The van der Waals surface area contributed by atoms with Crippen molar-refractivity contribution in [2.24, 2.45) is 10.7 Å². The van der Waals surface area contributed by atoms with Gasteiger partial charge in [-0.1, -0.05) is 11.6 Å². The van der Waals surface area contributed by atoms with Crippen molar-refractivity contribution in [1.82, 2.24) is 15.0 Å². The Labute approximate surface area is 161 Å². The summed E-state index contributed by atoms with van der Waals surface area (Å²) in [6, 6.07) is 8.82. The highest BCUT2D eigenvalue weighted by Gasteiger charge is 2.10. The Morgan fingerprint density at radius 1 is 1.15 bits per heavy atom. The average molecular weight is 381 g/mol. The highest BCUT2D eigenvalue weighted by Crippen LogP contribution is 2.24. The van der Waals surface area contributed by atoms with Crippen LogP contribution in [0.15, 0.2) is 47.7 Å². The van der Waals surface area contributed by atoms with Crippen LogP contribution in [0.1, 0.15) is 18.1 Å². The van der Waals surface area contributed by atoms with Gasteiger partial charge in [-0.2, -0.15) is 0 Å². The summed E-state index contributed by atoms with van der Waals surface area (Å²) in [4.78, 5) is 28.1. The number of nitrogens with two attached hydrogens (primary N) is 1. The van der Waals surface area contributed by atoms with Crippen LogP contribution in [0.4, 0.5) is 5.82 Å². The van der Waals surface area contributed by atoms with Crippen LogP contribution < -0.4 is 11.1 Å². The first-order chi connectivity index (χ1) is 13.0. The van der Waals surface area contributed by atoms with Crippen LogP contribution in [0.25, 0.3) is 22.3 Å². The minimum Gasteiger partial charge on any atom is -0.398 e. The molecule has 1 amide bonds. The van der Waals surface area contributed by atoms with Crippen LogP contribution in [0.3, 0.4) is 0 Å². The molecule has 0 unspecified atom stereocenters. The van der Waals surface area contributed by atoms with Gasteiger partial charge in [0, 0.05) is 55.0 Å². The van der Waals surface area contributed by atoms with Gasteiger partial charge in [-0.25, -0.2) is 9.97 Å². The molecule has 0 radical (unpaired) electrons. The number of nitrogens with one attached hydrogen (secondary N) is 1. The summed E-state index contributed by atoms with van der Waals surface area (Å²) in [5.41, 5.74) is 10.4. The lowest BCUT2D eigenvalue weighted by Crippen LogP contribution is -2.08. The number of rotatable bonds is 4. The number of aromatic nitrogens is 3. The number of amides is 1. The number of hydrogen-bond donors (Lipinski definition) is 2. The summed E-state index contributed by atoms with van der Waals surface area (Å²) in [6.45, 7) is 1.42. The van der Waals surface area contributed by atoms with Crippen molar-refractivity contribution in [1.29, 1.82) is 0 Å². The average Bonchev–Trinajstić information content (AvgIpc) is 2.65. The van der Waals surface area contributed by atoms with Gasteiger partial charge in [0.05, 0.1) is 11.0 Å². The minimum absolute atomic E-state index is 0.189. The predicted octanol–water partition coefficient (Wildman–Crippen LogP) is 3.16. The molecule has 3 heterocycles. The van der Waals surface area contributed by atoms with Crippen molar-refractivity contribution in [3.05, 3.63) is 59.0 Å². The van der Waals surface area contributed by atoms with Gasteiger partial charge in [0.1, 0.15) is 11.0 Å². The number of carbonyl (C=O) groups is 1. The Bertz CT molecular complexity index is 1060. The van der Waals surface area contributed by atoms with E-state index in [2.05, 4.69) is 25.3 Å². The second kappa shape index (κ2) is 7.92. The standard InChI is InChI=1S/C19H17ClN6O/c1-11(27)25-18-6-3-12(8-24-18)19(21)14(10-22-2)13-7-16-15(23-9-13)4-5-17(20)26-16/h3-10H,21H2,1-2H3,(H,24,25,27). The predicted molar refractivity (Wildman–Crippen MR) is 109 cm³/mol. The molecule has 27 heavy (non-hydrogen) atoms. The molecule has 0 saturated heterocycles. The Hall–Kier alpha value is -3.32. The molecule has 0 aliphatic carbocycles. The maximum absolute atomic E-state index is 11.1. The van der Waals surface area contributed by atoms with Gasteiger partial charge < -0.3 is 11.1 Å². The van der Waals surface area contributed by atoms with Crippen LogP contribution in [0, 0.1) is 0 Å². The first-order valence-corrected chi connectivity index (χ1v) is 8.44. The van der Waals surface area contributed by atoms with Crippen molar-refractivity contribution < 1.29 is 4.79 Å². The molecule has 3 aromatic heterocycles. The Kier molecular flexibility index (Phi) is 5.42. The van der Waals surface area contributed by atoms with E-state index >= 15 is 0 Å². The maximum Gasteiger partial charge on any atom is 0.222 e. The molecular formula is C19H17ClN6O. The van der Waals surface area contributed by atoms with Crippen molar-refractivity contribution >= 4 is 51.8 Å². The van der Waals surface area contributed by atoms with E-state index in [4.69, 9.17) is 17.3 Å². The topological polar surface area (TPSA) is 106 Å². The van der Waals surface area contributed by atoms with Gasteiger partial charge in [0.15, 0.2) is 0 Å². The zero-order chi connectivity index (χ0) is 19.4. The van der Waals surface area contributed by atoms with E-state index in [1.807, 2.05) is 6.07 Å². The number of anilines is 1. The van der Waals surface area contributed by atoms with E-state index in [1.165, 1.54) is 6.92 Å². The molecular weight excluding hydrogens is 364 g/mol. The van der Waals surface area contributed by atoms with E-state index in [1.54, 1.807) is 49.9 Å². The fourth-order valence-electron chi connectivity index (χ4n) is 2.52. The van der Waals surface area contributed by atoms with Gasteiger partial charge in [-0.3, -0.25) is 14.8 Å². The summed E-state index contributed by atoms with van der Waals surface area (Å²) < 4.78 is 0. The van der Waals surface area contributed by atoms with E-state index in [9.17, 15) is 4.79 Å². The number of nitrogens with zero attached hydrogens (tertiary/aromatic N) is 4. The lowest BCUT2D eigenvalue weighted by Gasteiger charge is -2.10. The number of hydrogen-bond acceptors (Lipinski definition) is 6. The number of pyridine rings is 3. The quantitative estimate of drug-likeness (QED) is 0.534. The monoisotopic (exact) mass is 380 g/mol. The van der Waals surface area contributed by atoms with Crippen molar-refractivity contribution in [3.63, 3.8) is 0 Å². The molecule has 0 aromatic carbocycles. The normalized spacial score (nSPS) is 12.3. The fourth-order valence-corrected chi connectivity index (χ4v) is 2.67. The van der Waals surface area contributed by atoms with Crippen molar-refractivity contribution in [2.75, 3.05) is 12.4 Å². The third-order valence-electron chi connectivity index (χ3n) is 3.74. The molecule has 7 nitrogen and oxygen atoms in total. The third kappa shape index (κ3) is 4.27. The Morgan fingerprint density at radius 3 is 2.59 bits per heavy atom. The van der Waals surface area contributed by atoms with E-state index in [0.717, 1.165) is 11.1 Å². The van der Waals surface area contributed by atoms with Crippen molar-refractivity contribution in [3.8, 4) is 0 Å². The second-order valence-corrected chi connectivity index (χ2v) is 6.11. The summed E-state index contributed by atoms with van der Waals surface area (Å²) in [7, 11) is 1.66. The van der Waals surface area contributed by atoms with Gasteiger partial charge in [0.2, 0.25) is 5.91 Å². The van der Waals surface area contributed by atoms with E-state index in [-0.39, 0.29) is 5.91 Å². The molecule has 3 rings (SSSR count). The fraction of sp³-hybridized carbons (Fsp3) is 0.105. The molecule has 0 aliphatic rings. The highest BCUT2D eigenvalue weighted by atomic mass is 35.5. The van der Waals surface area contributed by atoms with Crippen LogP contribution in [0.5, 0.6) is 0 Å². The number of carbonyl (C=O) groups excluding carboxylic acids is 1. The van der Waals surface area contributed by atoms with Crippen LogP contribution in [0.2, 0.25) is 5.15 Å². The van der Waals surface area contributed by atoms with Crippen LogP contribution in [-0.2, 0) is 4.79 Å². The summed E-state index contributed by atoms with van der Waals surface area (Å²) >= 11 is 5.98. The smallest absolute Gasteiger partial charge is 0.222 e. The second-order valence-electron chi connectivity index (χ2n) is 5.72. The van der Waals surface area contributed by atoms with Crippen LogP contribution in [-0.4, -0.2) is 34.1 Å². The molecule has 3 N–H and O–H groups in total. The Morgan fingerprint density at radius 2 is 1.93 bits per heavy atom. The molecule has 0 fully saturated rings. The maximum atomic E-state index is 11.1. The summed E-state index contributed by atoms with van der Waals surface area (Å²) in [5.74, 6) is 0.266. The molecule has 0 spiro atoms. The van der Waals surface area contributed by atoms with E-state index < -0.39 is 0 Å². The number of aliphatic imine (C=N–C) groups is 1. The molecule has 3 aromatic rings.